The van der Waals surface area contributed by atoms with E-state index in [2.05, 4.69) is 32.2 Å². The van der Waals surface area contributed by atoms with Gasteiger partial charge in [0.1, 0.15) is 11.3 Å². The van der Waals surface area contributed by atoms with Gasteiger partial charge in [-0.2, -0.15) is 0 Å². The molecule has 1 amide bonds. The maximum atomic E-state index is 13.2. The third-order valence-corrected chi connectivity index (χ3v) is 9.96. The summed E-state index contributed by atoms with van der Waals surface area (Å²) in [6, 6.07) is 7.25. The number of likely N-dealkylation sites (tertiary alicyclic amines) is 1. The smallest absolute Gasteiger partial charge is 0.229 e. The van der Waals surface area contributed by atoms with Crippen LogP contribution in [0.5, 0.6) is 0 Å². The van der Waals surface area contributed by atoms with Gasteiger partial charge in [-0.1, -0.05) is 6.07 Å². The molecule has 220 valence electrons. The van der Waals surface area contributed by atoms with Crippen molar-refractivity contribution in [1.82, 2.24) is 29.7 Å². The highest BCUT2D eigenvalue weighted by Gasteiger charge is 2.41. The van der Waals surface area contributed by atoms with Crippen LogP contribution in [-0.4, -0.2) is 98.8 Å². The van der Waals surface area contributed by atoms with Crippen LogP contribution in [0.1, 0.15) is 55.0 Å². The zero-order valence-corrected chi connectivity index (χ0v) is 23.9. The molecule has 11 heteroatoms. The molecule has 2 N–H and O–H groups in total. The van der Waals surface area contributed by atoms with E-state index in [1.165, 1.54) is 25.7 Å². The topological polar surface area (TPSA) is 120 Å². The second kappa shape index (κ2) is 10.7. The van der Waals surface area contributed by atoms with E-state index in [0.717, 1.165) is 72.8 Å². The van der Waals surface area contributed by atoms with Gasteiger partial charge in [-0.3, -0.25) is 4.79 Å². The number of carbonyl (C=O) groups excluding carboxylic acids is 1. The van der Waals surface area contributed by atoms with Crippen molar-refractivity contribution in [2.75, 3.05) is 56.2 Å². The lowest BCUT2D eigenvalue weighted by Crippen LogP contribution is -2.41. The first-order chi connectivity index (χ1) is 20.6. The molecule has 0 radical (unpaired) electrons. The number of anilines is 3. The average Bonchev–Trinajstić information content (AvgIpc) is 3.72. The van der Waals surface area contributed by atoms with Crippen LogP contribution in [0, 0.1) is 5.92 Å². The van der Waals surface area contributed by atoms with Crippen molar-refractivity contribution in [1.29, 1.82) is 0 Å². The summed E-state index contributed by atoms with van der Waals surface area (Å²) in [4.78, 5) is 39.6. The SMILES string of the molecule is O=C([C@@H]1CCN(CCO)C1)N1CCc2nc(Nc3ncc4cc(C5COC5)nc(N5C6CCC5CC6)c4n3)ccc2C1. The summed E-state index contributed by atoms with van der Waals surface area (Å²) in [5.41, 5.74) is 4.08. The lowest BCUT2D eigenvalue weighted by atomic mass is 10.0. The first kappa shape index (κ1) is 26.2. The van der Waals surface area contributed by atoms with Gasteiger partial charge in [0.05, 0.1) is 31.4 Å². The highest BCUT2D eigenvalue weighted by Crippen LogP contribution is 2.43. The maximum Gasteiger partial charge on any atom is 0.229 e. The van der Waals surface area contributed by atoms with E-state index in [4.69, 9.17) is 19.7 Å². The molecule has 3 aromatic rings. The molecule has 4 saturated heterocycles. The number of aliphatic hydroxyl groups excluding tert-OH is 1. The van der Waals surface area contributed by atoms with E-state index < -0.39 is 0 Å². The molecule has 2 bridgehead atoms. The zero-order chi connectivity index (χ0) is 28.2. The number of nitrogens with zero attached hydrogens (tertiary/aromatic N) is 7. The van der Waals surface area contributed by atoms with E-state index in [1.54, 1.807) is 0 Å². The molecular weight excluding hydrogens is 532 g/mol. The molecule has 8 rings (SSSR count). The first-order valence-electron chi connectivity index (χ1n) is 15.5. The van der Waals surface area contributed by atoms with Gasteiger partial charge in [0.2, 0.25) is 11.9 Å². The Kier molecular flexibility index (Phi) is 6.68. The summed E-state index contributed by atoms with van der Waals surface area (Å²) in [6.07, 6.45) is 8.40. The Labute approximate surface area is 245 Å². The van der Waals surface area contributed by atoms with Gasteiger partial charge in [0.25, 0.3) is 0 Å². The number of hydrogen-bond donors (Lipinski definition) is 2. The average molecular weight is 571 g/mol. The van der Waals surface area contributed by atoms with Crippen molar-refractivity contribution >= 4 is 34.4 Å². The van der Waals surface area contributed by atoms with Gasteiger partial charge in [0, 0.05) is 67.9 Å². The van der Waals surface area contributed by atoms with Crippen LogP contribution in [0.4, 0.5) is 17.6 Å². The monoisotopic (exact) mass is 570 g/mol. The second-order valence-corrected chi connectivity index (χ2v) is 12.6. The number of amides is 1. The standard InChI is InChI=1S/C31H38N8O3/c40-12-11-37-9-7-20(15-37)30(41)38-10-8-25-19(16-38)1-6-27(33-25)35-31-32-14-21-13-26(22-17-42-18-22)34-29(28(21)36-31)39-23-2-3-24(39)5-4-23/h1,6,13-14,20,22-24,40H,2-5,7-12,15-18H2,(H,32,33,35,36)/t20-,23?,24?/m1/s1. The van der Waals surface area contributed by atoms with Gasteiger partial charge in [-0.15, -0.1) is 0 Å². The summed E-state index contributed by atoms with van der Waals surface area (Å²) in [6.45, 7) is 5.11. The molecule has 5 aliphatic heterocycles. The number of carbonyl (C=O) groups is 1. The Hall–Kier alpha value is -3.41. The quantitative estimate of drug-likeness (QED) is 0.439. The fourth-order valence-corrected chi connectivity index (χ4v) is 7.58. The van der Waals surface area contributed by atoms with Crippen LogP contribution in [0.25, 0.3) is 10.9 Å². The minimum Gasteiger partial charge on any atom is -0.395 e. The Morgan fingerprint density at radius 3 is 2.64 bits per heavy atom. The van der Waals surface area contributed by atoms with Crippen molar-refractivity contribution in [2.45, 2.75) is 63.1 Å². The summed E-state index contributed by atoms with van der Waals surface area (Å²) in [7, 11) is 0. The van der Waals surface area contributed by atoms with Crippen molar-refractivity contribution < 1.29 is 14.6 Å². The number of ether oxygens (including phenoxy) is 1. The second-order valence-electron chi connectivity index (χ2n) is 12.6. The normalized spacial score (nSPS) is 25.7. The van der Waals surface area contributed by atoms with Crippen LogP contribution >= 0.6 is 0 Å². The lowest BCUT2D eigenvalue weighted by molar-refractivity contribution is -0.136. The fraction of sp³-hybridized carbons (Fsp3) is 0.581. The highest BCUT2D eigenvalue weighted by atomic mass is 16.5. The number of fused-ring (bicyclic) bond motifs is 4. The van der Waals surface area contributed by atoms with Crippen LogP contribution in [-0.2, 0) is 22.5 Å². The lowest BCUT2D eigenvalue weighted by Gasteiger charge is -2.30. The molecule has 0 spiro atoms. The molecule has 5 aliphatic rings. The van der Waals surface area contributed by atoms with Crippen molar-refractivity contribution in [2.24, 2.45) is 5.92 Å². The largest absolute Gasteiger partial charge is 0.395 e. The minimum atomic E-state index is 0.0188. The molecule has 4 fully saturated rings. The van der Waals surface area contributed by atoms with E-state index in [1.807, 2.05) is 17.2 Å². The minimum absolute atomic E-state index is 0.0188. The summed E-state index contributed by atoms with van der Waals surface area (Å²) >= 11 is 0. The van der Waals surface area contributed by atoms with Gasteiger partial charge >= 0.3 is 0 Å². The van der Waals surface area contributed by atoms with E-state index in [0.29, 0.717) is 49.4 Å². The van der Waals surface area contributed by atoms with Crippen LogP contribution in [0.15, 0.2) is 24.4 Å². The molecular formula is C31H38N8O3. The molecule has 8 heterocycles. The number of nitrogens with one attached hydrogen (secondary N) is 1. The van der Waals surface area contributed by atoms with Crippen molar-refractivity contribution in [3.8, 4) is 0 Å². The number of rotatable bonds is 7. The van der Waals surface area contributed by atoms with Crippen LogP contribution < -0.4 is 10.2 Å². The van der Waals surface area contributed by atoms with Gasteiger partial charge in [0.15, 0.2) is 5.82 Å². The van der Waals surface area contributed by atoms with Crippen LogP contribution in [0.2, 0.25) is 0 Å². The number of pyridine rings is 2. The molecule has 3 aromatic heterocycles. The highest BCUT2D eigenvalue weighted by molar-refractivity contribution is 5.90. The van der Waals surface area contributed by atoms with Crippen molar-refractivity contribution in [3.63, 3.8) is 0 Å². The van der Waals surface area contributed by atoms with E-state index in [9.17, 15) is 9.90 Å². The third-order valence-electron chi connectivity index (χ3n) is 9.96. The number of hydrogen-bond acceptors (Lipinski definition) is 10. The summed E-state index contributed by atoms with van der Waals surface area (Å²) in [5.74, 6) is 2.81. The van der Waals surface area contributed by atoms with Gasteiger partial charge < -0.3 is 29.9 Å². The van der Waals surface area contributed by atoms with Crippen LogP contribution in [0.3, 0.4) is 0 Å². The Bertz CT molecular complexity index is 1490. The van der Waals surface area contributed by atoms with E-state index >= 15 is 0 Å². The Morgan fingerprint density at radius 2 is 1.88 bits per heavy atom. The van der Waals surface area contributed by atoms with Gasteiger partial charge in [-0.05, 0) is 56.3 Å². The van der Waals surface area contributed by atoms with Crippen molar-refractivity contribution in [3.05, 3.63) is 41.3 Å². The fourth-order valence-electron chi connectivity index (χ4n) is 7.58. The molecule has 42 heavy (non-hydrogen) atoms. The molecule has 1 atom stereocenters. The molecule has 0 unspecified atom stereocenters. The summed E-state index contributed by atoms with van der Waals surface area (Å²) < 4.78 is 5.47. The molecule has 11 nitrogen and oxygen atoms in total. The zero-order valence-electron chi connectivity index (χ0n) is 23.9. The summed E-state index contributed by atoms with van der Waals surface area (Å²) in [5, 5.41) is 13.6. The van der Waals surface area contributed by atoms with E-state index in [-0.39, 0.29) is 18.4 Å². The number of aliphatic hydroxyl groups is 1. The molecule has 0 aliphatic carbocycles. The number of β-amino-alcohol motifs (C(OH)–C–C–N with tert-alkyl or cyclic N) is 1. The molecule has 0 aromatic carbocycles. The van der Waals surface area contributed by atoms with Gasteiger partial charge in [-0.25, -0.2) is 19.9 Å². The Morgan fingerprint density at radius 1 is 1.05 bits per heavy atom. The predicted octanol–water partition coefficient (Wildman–Crippen LogP) is 2.61. The number of aromatic nitrogens is 4. The maximum absolute atomic E-state index is 13.2. The predicted molar refractivity (Wildman–Crippen MR) is 158 cm³/mol. The third kappa shape index (κ3) is 4.67. The molecule has 0 saturated carbocycles. The Balaban J connectivity index is 1.01. The first-order valence-corrected chi connectivity index (χ1v) is 15.5.